The molecular weight excluding hydrogens is 282 g/mol. The lowest BCUT2D eigenvalue weighted by molar-refractivity contribution is -0.138. The van der Waals surface area contributed by atoms with Crippen molar-refractivity contribution in [1.82, 2.24) is 4.90 Å². The maximum absolute atomic E-state index is 12.3. The molecule has 1 amide bonds. The lowest BCUT2D eigenvalue weighted by Gasteiger charge is -2.23. The Morgan fingerprint density at radius 1 is 1.32 bits per heavy atom. The number of aliphatic carboxylic acids is 1. The second-order valence-electron chi connectivity index (χ2n) is 5.31. The van der Waals surface area contributed by atoms with Gasteiger partial charge in [0.15, 0.2) is 0 Å². The highest BCUT2D eigenvalue weighted by atomic mass is 16.5. The Hall–Kier alpha value is -2.14. The zero-order chi connectivity index (χ0) is 15.8. The topological polar surface area (TPSA) is 66.8 Å². The smallest absolute Gasteiger partial charge is 0.305 e. The number of carboxylic acid groups (broad SMARTS) is 1. The number of hydrogen-bond acceptors (Lipinski definition) is 3. The summed E-state index contributed by atoms with van der Waals surface area (Å²) in [5, 5.41) is 8.83. The molecule has 0 aromatic heterocycles. The fraction of sp³-hybridized carbons (Fsp3) is 0.412. The number of amides is 1. The largest absolute Gasteiger partial charge is 0.481 e. The molecule has 0 saturated carbocycles. The number of carbonyl (C=O) groups is 2. The van der Waals surface area contributed by atoms with Gasteiger partial charge in [-0.2, -0.15) is 0 Å². The van der Waals surface area contributed by atoms with Gasteiger partial charge in [0.25, 0.3) is 0 Å². The lowest BCUT2D eigenvalue weighted by Crippen LogP contribution is -2.37. The highest BCUT2D eigenvalue weighted by Crippen LogP contribution is 2.14. The van der Waals surface area contributed by atoms with Crippen LogP contribution < -0.4 is 0 Å². The number of ether oxygens (including phenoxy) is 1. The van der Waals surface area contributed by atoms with E-state index < -0.39 is 5.97 Å². The predicted molar refractivity (Wildman–Crippen MR) is 83.3 cm³/mol. The predicted octanol–water partition coefficient (Wildman–Crippen LogP) is 2.18. The van der Waals surface area contributed by atoms with E-state index in [9.17, 15) is 9.59 Å². The van der Waals surface area contributed by atoms with Gasteiger partial charge in [-0.25, -0.2) is 0 Å². The quantitative estimate of drug-likeness (QED) is 0.784. The highest BCUT2D eigenvalue weighted by molar-refractivity contribution is 5.92. The summed E-state index contributed by atoms with van der Waals surface area (Å²) in [6.07, 6.45) is 5.10. The van der Waals surface area contributed by atoms with Gasteiger partial charge in [0.2, 0.25) is 5.91 Å². The lowest BCUT2D eigenvalue weighted by atomic mass is 10.2. The van der Waals surface area contributed by atoms with Crippen molar-refractivity contribution in [3.63, 3.8) is 0 Å². The van der Waals surface area contributed by atoms with Crippen molar-refractivity contribution < 1.29 is 19.4 Å². The van der Waals surface area contributed by atoms with Crippen molar-refractivity contribution in [3.05, 3.63) is 42.0 Å². The van der Waals surface area contributed by atoms with Crippen LogP contribution in [-0.4, -0.2) is 47.7 Å². The third kappa shape index (κ3) is 5.33. The van der Waals surface area contributed by atoms with Crippen molar-refractivity contribution in [3.8, 4) is 0 Å². The van der Waals surface area contributed by atoms with Crippen LogP contribution in [0.15, 0.2) is 36.4 Å². The van der Waals surface area contributed by atoms with E-state index in [1.807, 2.05) is 30.3 Å². The fourth-order valence-corrected chi connectivity index (χ4v) is 2.39. The van der Waals surface area contributed by atoms with Crippen LogP contribution in [0, 0.1) is 0 Å². The van der Waals surface area contributed by atoms with Crippen LogP contribution in [-0.2, 0) is 14.3 Å². The molecule has 0 spiro atoms. The Bertz CT molecular complexity index is 521. The van der Waals surface area contributed by atoms with E-state index in [0.29, 0.717) is 13.2 Å². The Morgan fingerprint density at radius 3 is 2.73 bits per heavy atom. The number of benzene rings is 1. The van der Waals surface area contributed by atoms with Crippen LogP contribution in [0.4, 0.5) is 0 Å². The van der Waals surface area contributed by atoms with E-state index in [1.165, 1.54) is 6.08 Å². The van der Waals surface area contributed by atoms with E-state index in [1.54, 1.807) is 11.0 Å². The maximum Gasteiger partial charge on any atom is 0.305 e. The summed E-state index contributed by atoms with van der Waals surface area (Å²) in [4.78, 5) is 24.6. The first-order valence-electron chi connectivity index (χ1n) is 7.50. The number of nitrogens with zero attached hydrogens (tertiary/aromatic N) is 1. The standard InChI is InChI=1S/C17H21NO4/c19-16(9-8-14-5-2-1-3-6-14)18(11-10-17(20)21)13-15-7-4-12-22-15/h1-3,5-6,8-9,15H,4,7,10-13H2,(H,20,21)/b9-8+. The summed E-state index contributed by atoms with van der Waals surface area (Å²) < 4.78 is 5.54. The number of carbonyl (C=O) groups excluding carboxylic acids is 1. The molecule has 1 aliphatic heterocycles. The zero-order valence-electron chi connectivity index (χ0n) is 12.5. The second-order valence-corrected chi connectivity index (χ2v) is 5.31. The molecule has 0 bridgehead atoms. The Kier molecular flexibility index (Phi) is 6.15. The van der Waals surface area contributed by atoms with Gasteiger partial charge < -0.3 is 14.7 Å². The highest BCUT2D eigenvalue weighted by Gasteiger charge is 2.21. The minimum Gasteiger partial charge on any atom is -0.481 e. The average Bonchev–Trinajstić information content (AvgIpc) is 3.03. The molecule has 118 valence electrons. The van der Waals surface area contributed by atoms with Gasteiger partial charge in [-0.15, -0.1) is 0 Å². The Labute approximate surface area is 130 Å². The van der Waals surface area contributed by atoms with Gasteiger partial charge in [-0.1, -0.05) is 30.3 Å². The molecule has 0 radical (unpaired) electrons. The van der Waals surface area contributed by atoms with Crippen molar-refractivity contribution >= 4 is 18.0 Å². The van der Waals surface area contributed by atoms with Gasteiger partial charge in [-0.05, 0) is 24.5 Å². The van der Waals surface area contributed by atoms with Crippen LogP contribution >= 0.6 is 0 Å². The summed E-state index contributed by atoms with van der Waals surface area (Å²) >= 11 is 0. The Balaban J connectivity index is 1.97. The van der Waals surface area contributed by atoms with Gasteiger partial charge in [0, 0.05) is 25.8 Å². The van der Waals surface area contributed by atoms with Crippen molar-refractivity contribution in [2.75, 3.05) is 19.7 Å². The van der Waals surface area contributed by atoms with Crippen LogP contribution in [0.3, 0.4) is 0 Å². The van der Waals surface area contributed by atoms with Crippen molar-refractivity contribution in [1.29, 1.82) is 0 Å². The molecule has 1 fully saturated rings. The molecule has 5 heteroatoms. The summed E-state index contributed by atoms with van der Waals surface area (Å²) in [5.41, 5.74) is 0.936. The summed E-state index contributed by atoms with van der Waals surface area (Å²) in [7, 11) is 0. The van der Waals surface area contributed by atoms with Crippen molar-refractivity contribution in [2.24, 2.45) is 0 Å². The normalized spacial score (nSPS) is 17.7. The summed E-state index contributed by atoms with van der Waals surface area (Å²) in [6.45, 7) is 1.36. The van der Waals surface area contributed by atoms with E-state index in [0.717, 1.165) is 18.4 Å². The molecule has 1 aromatic rings. The number of rotatable bonds is 7. The Morgan fingerprint density at radius 2 is 2.09 bits per heavy atom. The third-order valence-electron chi connectivity index (χ3n) is 3.57. The molecule has 1 unspecified atom stereocenters. The minimum atomic E-state index is -0.905. The first-order valence-corrected chi connectivity index (χ1v) is 7.50. The molecule has 1 N–H and O–H groups in total. The van der Waals surface area contributed by atoms with Crippen LogP contribution in [0.5, 0.6) is 0 Å². The molecular formula is C17H21NO4. The van der Waals surface area contributed by atoms with E-state index >= 15 is 0 Å². The van der Waals surface area contributed by atoms with Crippen LogP contribution in [0.2, 0.25) is 0 Å². The molecule has 1 aliphatic rings. The zero-order valence-corrected chi connectivity index (χ0v) is 12.5. The summed E-state index contributed by atoms with van der Waals surface area (Å²) in [6, 6.07) is 9.53. The first kappa shape index (κ1) is 16.2. The van der Waals surface area contributed by atoms with Crippen LogP contribution in [0.25, 0.3) is 6.08 Å². The molecule has 1 atom stereocenters. The van der Waals surface area contributed by atoms with Gasteiger partial charge in [0.05, 0.1) is 12.5 Å². The maximum atomic E-state index is 12.3. The second kappa shape index (κ2) is 8.34. The van der Waals surface area contributed by atoms with Gasteiger partial charge in [0.1, 0.15) is 0 Å². The van der Waals surface area contributed by atoms with E-state index in [4.69, 9.17) is 9.84 Å². The van der Waals surface area contributed by atoms with Crippen LogP contribution in [0.1, 0.15) is 24.8 Å². The molecule has 2 rings (SSSR count). The SMILES string of the molecule is O=C(O)CCN(CC1CCCO1)C(=O)/C=C/c1ccccc1. The first-order chi connectivity index (χ1) is 10.6. The molecule has 1 heterocycles. The van der Waals surface area contributed by atoms with E-state index in [-0.39, 0.29) is 25.0 Å². The fourth-order valence-electron chi connectivity index (χ4n) is 2.39. The van der Waals surface area contributed by atoms with Crippen molar-refractivity contribution in [2.45, 2.75) is 25.4 Å². The molecule has 1 saturated heterocycles. The average molecular weight is 303 g/mol. The molecule has 5 nitrogen and oxygen atoms in total. The van der Waals surface area contributed by atoms with E-state index in [2.05, 4.69) is 0 Å². The minimum absolute atomic E-state index is 0.0165. The third-order valence-corrected chi connectivity index (χ3v) is 3.57. The molecule has 0 aliphatic carbocycles. The van der Waals surface area contributed by atoms with Gasteiger partial charge in [-0.3, -0.25) is 9.59 Å². The number of carboxylic acids is 1. The number of hydrogen-bond donors (Lipinski definition) is 1. The van der Waals surface area contributed by atoms with Gasteiger partial charge >= 0.3 is 5.97 Å². The molecule has 22 heavy (non-hydrogen) atoms. The monoisotopic (exact) mass is 303 g/mol. The summed E-state index contributed by atoms with van der Waals surface area (Å²) in [5.74, 6) is -1.09. The molecule has 1 aromatic carbocycles.